The average molecular weight is 313 g/mol. The molecule has 2 aromatic rings. The Hall–Kier alpha value is -2.24. The molecule has 1 aliphatic heterocycles. The molecule has 0 atom stereocenters. The molecule has 1 fully saturated rings. The number of nitrogens with two attached hydrogens (primary N) is 1. The maximum atomic E-state index is 9.92. The zero-order valence-electron chi connectivity index (χ0n) is 13.2. The quantitative estimate of drug-likeness (QED) is 0.595. The van der Waals surface area contributed by atoms with Gasteiger partial charge in [0, 0.05) is 50.5 Å². The van der Waals surface area contributed by atoms with Crippen molar-refractivity contribution >= 4 is 5.69 Å². The number of aromatic hydroxyl groups is 2. The monoisotopic (exact) mass is 313 g/mol. The Labute approximate surface area is 136 Å². The topological polar surface area (TPSA) is 73.0 Å². The van der Waals surface area contributed by atoms with Crippen molar-refractivity contribution in [1.82, 2.24) is 9.80 Å². The van der Waals surface area contributed by atoms with Gasteiger partial charge in [0.2, 0.25) is 0 Å². The first-order valence-electron chi connectivity index (χ1n) is 7.90. The molecular formula is C18H23N3O2. The number of phenols is 2. The SMILES string of the molecule is Nc1ccc(O)c(CN2CCN(Cc3ccc(O)cc3)CC2)c1. The van der Waals surface area contributed by atoms with Gasteiger partial charge >= 0.3 is 0 Å². The van der Waals surface area contributed by atoms with E-state index in [9.17, 15) is 10.2 Å². The van der Waals surface area contributed by atoms with Gasteiger partial charge in [0.05, 0.1) is 0 Å². The highest BCUT2D eigenvalue weighted by atomic mass is 16.3. The number of phenolic OH excluding ortho intramolecular Hbond substituents is 2. The standard InChI is InChI=1S/C18H23N3O2/c19-16-3-6-18(23)15(11-16)13-21-9-7-20(8-10-21)12-14-1-4-17(22)5-2-14/h1-6,11,22-23H,7-10,12-13,19H2. The third-order valence-electron chi connectivity index (χ3n) is 4.30. The van der Waals surface area contributed by atoms with E-state index in [2.05, 4.69) is 9.80 Å². The molecule has 0 aliphatic carbocycles. The predicted molar refractivity (Wildman–Crippen MR) is 91.2 cm³/mol. The van der Waals surface area contributed by atoms with E-state index >= 15 is 0 Å². The molecule has 122 valence electrons. The van der Waals surface area contributed by atoms with E-state index in [0.29, 0.717) is 17.2 Å². The number of piperazine rings is 1. The number of rotatable bonds is 4. The summed E-state index contributed by atoms with van der Waals surface area (Å²) in [5.74, 6) is 0.617. The van der Waals surface area contributed by atoms with Crippen molar-refractivity contribution in [3.05, 3.63) is 53.6 Å². The molecule has 4 N–H and O–H groups in total. The number of nitrogen functional groups attached to an aromatic ring is 1. The summed E-state index contributed by atoms with van der Waals surface area (Å²) in [6, 6.07) is 12.6. The van der Waals surface area contributed by atoms with E-state index in [0.717, 1.165) is 44.8 Å². The van der Waals surface area contributed by atoms with E-state index < -0.39 is 0 Å². The summed E-state index contributed by atoms with van der Waals surface area (Å²) < 4.78 is 0. The molecule has 1 saturated heterocycles. The van der Waals surface area contributed by atoms with E-state index in [1.807, 2.05) is 18.2 Å². The summed E-state index contributed by atoms with van der Waals surface area (Å²) in [6.45, 7) is 5.54. The molecule has 5 heteroatoms. The largest absolute Gasteiger partial charge is 0.508 e. The van der Waals surface area contributed by atoms with Gasteiger partial charge < -0.3 is 15.9 Å². The molecule has 0 amide bonds. The summed E-state index contributed by atoms with van der Waals surface area (Å²) in [6.07, 6.45) is 0. The lowest BCUT2D eigenvalue weighted by Gasteiger charge is -2.34. The van der Waals surface area contributed by atoms with Gasteiger partial charge in [0.25, 0.3) is 0 Å². The Morgan fingerprint density at radius 1 is 0.826 bits per heavy atom. The van der Waals surface area contributed by atoms with Gasteiger partial charge in [-0.15, -0.1) is 0 Å². The summed E-state index contributed by atoms with van der Waals surface area (Å²) in [5, 5.41) is 19.3. The smallest absolute Gasteiger partial charge is 0.120 e. The number of nitrogens with zero attached hydrogens (tertiary/aromatic N) is 2. The Morgan fingerprint density at radius 2 is 1.43 bits per heavy atom. The summed E-state index contributed by atoms with van der Waals surface area (Å²) in [4.78, 5) is 4.74. The van der Waals surface area contributed by atoms with Crippen LogP contribution in [0.15, 0.2) is 42.5 Å². The number of hydrogen-bond acceptors (Lipinski definition) is 5. The van der Waals surface area contributed by atoms with Gasteiger partial charge in [-0.1, -0.05) is 12.1 Å². The van der Waals surface area contributed by atoms with Crippen LogP contribution < -0.4 is 5.73 Å². The Balaban J connectivity index is 1.52. The van der Waals surface area contributed by atoms with Crippen LogP contribution in [0.1, 0.15) is 11.1 Å². The first-order valence-corrected chi connectivity index (χ1v) is 7.90. The molecule has 0 unspecified atom stereocenters. The third kappa shape index (κ3) is 4.15. The number of benzene rings is 2. The van der Waals surface area contributed by atoms with Crippen LogP contribution in [0.2, 0.25) is 0 Å². The summed E-state index contributed by atoms with van der Waals surface area (Å²) >= 11 is 0. The van der Waals surface area contributed by atoms with Crippen molar-refractivity contribution in [2.75, 3.05) is 31.9 Å². The van der Waals surface area contributed by atoms with E-state index in [-0.39, 0.29) is 0 Å². The lowest BCUT2D eigenvalue weighted by atomic mass is 10.1. The van der Waals surface area contributed by atoms with Gasteiger partial charge in [0.1, 0.15) is 11.5 Å². The molecule has 1 aliphatic rings. The molecule has 0 radical (unpaired) electrons. The third-order valence-corrected chi connectivity index (χ3v) is 4.30. The molecule has 5 nitrogen and oxygen atoms in total. The van der Waals surface area contributed by atoms with E-state index in [1.165, 1.54) is 5.56 Å². The predicted octanol–water partition coefficient (Wildman–Crippen LogP) is 2.00. The second kappa shape index (κ2) is 6.89. The number of hydrogen-bond donors (Lipinski definition) is 3. The normalized spacial score (nSPS) is 16.5. The molecule has 1 heterocycles. The van der Waals surface area contributed by atoms with E-state index in [4.69, 9.17) is 5.73 Å². The van der Waals surface area contributed by atoms with Gasteiger partial charge in [-0.2, -0.15) is 0 Å². The maximum Gasteiger partial charge on any atom is 0.120 e. The fourth-order valence-corrected chi connectivity index (χ4v) is 2.94. The van der Waals surface area contributed by atoms with Crippen LogP contribution in [-0.2, 0) is 13.1 Å². The van der Waals surface area contributed by atoms with Crippen LogP contribution in [0.3, 0.4) is 0 Å². The summed E-state index contributed by atoms with van der Waals surface area (Å²) in [7, 11) is 0. The lowest BCUT2D eigenvalue weighted by Crippen LogP contribution is -2.45. The molecule has 3 rings (SSSR count). The van der Waals surface area contributed by atoms with E-state index in [1.54, 1.807) is 24.3 Å². The maximum absolute atomic E-state index is 9.92. The minimum atomic E-state index is 0.306. The second-order valence-electron chi connectivity index (χ2n) is 6.11. The van der Waals surface area contributed by atoms with Gasteiger partial charge in [-0.05, 0) is 35.9 Å². The second-order valence-corrected chi connectivity index (χ2v) is 6.11. The molecule has 23 heavy (non-hydrogen) atoms. The van der Waals surface area contributed by atoms with Gasteiger partial charge in [-0.25, -0.2) is 0 Å². The molecule has 2 aromatic carbocycles. The zero-order valence-corrected chi connectivity index (χ0v) is 13.2. The Kier molecular flexibility index (Phi) is 4.69. The van der Waals surface area contributed by atoms with Crippen LogP contribution in [0.4, 0.5) is 5.69 Å². The van der Waals surface area contributed by atoms with Crippen LogP contribution in [0, 0.1) is 0 Å². The van der Waals surface area contributed by atoms with Gasteiger partial charge in [0.15, 0.2) is 0 Å². The first-order chi connectivity index (χ1) is 11.1. The average Bonchev–Trinajstić information content (AvgIpc) is 2.55. The lowest BCUT2D eigenvalue weighted by molar-refractivity contribution is 0.121. The highest BCUT2D eigenvalue weighted by molar-refractivity contribution is 5.47. The van der Waals surface area contributed by atoms with Crippen molar-refractivity contribution in [3.8, 4) is 11.5 Å². The van der Waals surface area contributed by atoms with Crippen molar-refractivity contribution < 1.29 is 10.2 Å². The molecule has 0 aromatic heterocycles. The first kappa shape index (κ1) is 15.6. The van der Waals surface area contributed by atoms with Crippen molar-refractivity contribution in [1.29, 1.82) is 0 Å². The Morgan fingerprint density at radius 3 is 2.09 bits per heavy atom. The number of anilines is 1. The Bertz CT molecular complexity index is 650. The van der Waals surface area contributed by atoms with Crippen LogP contribution in [-0.4, -0.2) is 46.2 Å². The van der Waals surface area contributed by atoms with Crippen molar-refractivity contribution in [2.24, 2.45) is 0 Å². The van der Waals surface area contributed by atoms with Crippen LogP contribution in [0.5, 0.6) is 11.5 Å². The minimum absolute atomic E-state index is 0.306. The van der Waals surface area contributed by atoms with Crippen LogP contribution in [0.25, 0.3) is 0 Å². The van der Waals surface area contributed by atoms with Crippen molar-refractivity contribution in [2.45, 2.75) is 13.1 Å². The van der Waals surface area contributed by atoms with Crippen LogP contribution >= 0.6 is 0 Å². The van der Waals surface area contributed by atoms with Gasteiger partial charge in [-0.3, -0.25) is 9.80 Å². The zero-order chi connectivity index (χ0) is 16.2. The van der Waals surface area contributed by atoms with Crippen molar-refractivity contribution in [3.63, 3.8) is 0 Å². The molecular weight excluding hydrogens is 290 g/mol. The summed E-state index contributed by atoms with van der Waals surface area (Å²) in [5.41, 5.74) is 8.58. The molecule has 0 saturated carbocycles. The molecule has 0 bridgehead atoms. The highest BCUT2D eigenvalue weighted by Gasteiger charge is 2.18. The minimum Gasteiger partial charge on any atom is -0.508 e. The molecule has 0 spiro atoms. The fraction of sp³-hybridized carbons (Fsp3) is 0.333. The fourth-order valence-electron chi connectivity index (χ4n) is 2.94. The highest BCUT2D eigenvalue weighted by Crippen LogP contribution is 2.22.